The number of thiazole rings is 1. The lowest BCUT2D eigenvalue weighted by molar-refractivity contribution is 0.688. The number of aryl methyl sites for hydroxylation is 1. The SMILES string of the molecule is CCCCc1nc2c(N)nc3ccsc3c2n1Cc1nc(CCl)cs1. The maximum Gasteiger partial charge on any atom is 0.152 e. The molecule has 0 atom stereocenters. The Morgan fingerprint density at radius 2 is 2.12 bits per heavy atom. The van der Waals surface area contributed by atoms with E-state index >= 15 is 0 Å². The Morgan fingerprint density at radius 3 is 2.88 bits per heavy atom. The van der Waals surface area contributed by atoms with Crippen molar-refractivity contribution in [3.8, 4) is 0 Å². The molecule has 25 heavy (non-hydrogen) atoms. The summed E-state index contributed by atoms with van der Waals surface area (Å²) in [5, 5.41) is 5.10. The summed E-state index contributed by atoms with van der Waals surface area (Å²) in [6.07, 6.45) is 3.14. The second kappa shape index (κ2) is 6.90. The molecule has 4 aromatic heterocycles. The third-order valence-corrected chi connectivity index (χ3v) is 6.24. The van der Waals surface area contributed by atoms with Crippen LogP contribution in [0.4, 0.5) is 5.82 Å². The van der Waals surface area contributed by atoms with Gasteiger partial charge < -0.3 is 10.3 Å². The smallest absolute Gasteiger partial charge is 0.152 e. The second-order valence-corrected chi connectivity index (χ2v) is 8.04. The molecule has 0 unspecified atom stereocenters. The van der Waals surface area contributed by atoms with Crippen LogP contribution in [0.25, 0.3) is 21.3 Å². The van der Waals surface area contributed by atoms with Crippen LogP contribution in [-0.4, -0.2) is 19.5 Å². The zero-order valence-electron chi connectivity index (χ0n) is 13.8. The Labute approximate surface area is 158 Å². The first-order chi connectivity index (χ1) is 12.2. The first kappa shape index (κ1) is 16.8. The lowest BCUT2D eigenvalue weighted by Gasteiger charge is -2.08. The van der Waals surface area contributed by atoms with Crippen LogP contribution in [0.15, 0.2) is 16.8 Å². The van der Waals surface area contributed by atoms with E-state index in [0.29, 0.717) is 18.2 Å². The van der Waals surface area contributed by atoms with Gasteiger partial charge in [0.25, 0.3) is 0 Å². The van der Waals surface area contributed by atoms with Crippen molar-refractivity contribution in [2.75, 3.05) is 5.73 Å². The lowest BCUT2D eigenvalue weighted by Crippen LogP contribution is -2.05. The van der Waals surface area contributed by atoms with E-state index in [-0.39, 0.29) is 0 Å². The number of nitrogen functional groups attached to an aromatic ring is 1. The van der Waals surface area contributed by atoms with E-state index in [0.717, 1.165) is 57.0 Å². The van der Waals surface area contributed by atoms with Gasteiger partial charge in [0.1, 0.15) is 16.3 Å². The fraction of sp³-hybridized carbons (Fsp3) is 0.353. The first-order valence-corrected chi connectivity index (χ1v) is 10.5. The average Bonchev–Trinajstić information content (AvgIpc) is 3.32. The predicted octanol–water partition coefficient (Wildman–Crippen LogP) is 4.81. The third-order valence-electron chi connectivity index (χ3n) is 4.17. The van der Waals surface area contributed by atoms with Crippen LogP contribution in [-0.2, 0) is 18.8 Å². The van der Waals surface area contributed by atoms with Crippen molar-refractivity contribution in [2.45, 2.75) is 38.6 Å². The Balaban J connectivity index is 1.91. The second-order valence-electron chi connectivity index (χ2n) is 5.91. The van der Waals surface area contributed by atoms with Crippen molar-refractivity contribution in [3.63, 3.8) is 0 Å². The molecule has 4 heterocycles. The largest absolute Gasteiger partial charge is 0.382 e. The molecule has 0 aromatic carbocycles. The van der Waals surface area contributed by atoms with Crippen molar-refractivity contribution < 1.29 is 0 Å². The summed E-state index contributed by atoms with van der Waals surface area (Å²) in [4.78, 5) is 14.0. The fourth-order valence-electron chi connectivity index (χ4n) is 2.97. The summed E-state index contributed by atoms with van der Waals surface area (Å²) in [5.74, 6) is 1.99. The highest BCUT2D eigenvalue weighted by atomic mass is 35.5. The number of nitrogens with zero attached hydrogens (tertiary/aromatic N) is 4. The Kier molecular flexibility index (Phi) is 4.62. The number of imidazole rings is 1. The van der Waals surface area contributed by atoms with Crippen molar-refractivity contribution >= 4 is 61.3 Å². The number of halogens is 1. The van der Waals surface area contributed by atoms with Gasteiger partial charge in [-0.1, -0.05) is 13.3 Å². The Hall–Kier alpha value is -1.70. The highest BCUT2D eigenvalue weighted by Gasteiger charge is 2.19. The van der Waals surface area contributed by atoms with Gasteiger partial charge in [0.05, 0.1) is 33.9 Å². The molecule has 4 aromatic rings. The number of anilines is 1. The van der Waals surface area contributed by atoms with Crippen LogP contribution in [0.3, 0.4) is 0 Å². The van der Waals surface area contributed by atoms with Gasteiger partial charge in [0.15, 0.2) is 5.82 Å². The fourth-order valence-corrected chi connectivity index (χ4v) is 4.87. The van der Waals surface area contributed by atoms with E-state index in [4.69, 9.17) is 22.3 Å². The summed E-state index contributed by atoms with van der Waals surface area (Å²) in [5.41, 5.74) is 9.92. The number of fused-ring (bicyclic) bond motifs is 3. The number of hydrogen-bond acceptors (Lipinski definition) is 6. The molecule has 130 valence electrons. The van der Waals surface area contributed by atoms with E-state index in [1.165, 1.54) is 0 Å². The number of aromatic nitrogens is 4. The molecule has 0 spiro atoms. The highest BCUT2D eigenvalue weighted by molar-refractivity contribution is 7.18. The predicted molar refractivity (Wildman–Crippen MR) is 107 cm³/mol. The number of hydrogen-bond donors (Lipinski definition) is 1. The molecule has 0 saturated heterocycles. The van der Waals surface area contributed by atoms with Crippen molar-refractivity contribution in [1.29, 1.82) is 0 Å². The van der Waals surface area contributed by atoms with Gasteiger partial charge in [0, 0.05) is 11.8 Å². The zero-order chi connectivity index (χ0) is 17.4. The van der Waals surface area contributed by atoms with Gasteiger partial charge in [-0.3, -0.25) is 0 Å². The molecule has 0 radical (unpaired) electrons. The number of thiophene rings is 1. The maximum absolute atomic E-state index is 6.20. The number of pyridine rings is 1. The van der Waals surface area contributed by atoms with Crippen LogP contribution in [0.2, 0.25) is 0 Å². The van der Waals surface area contributed by atoms with E-state index in [2.05, 4.69) is 26.8 Å². The van der Waals surface area contributed by atoms with Gasteiger partial charge in [-0.05, 0) is 17.9 Å². The maximum atomic E-state index is 6.20. The quantitative estimate of drug-likeness (QED) is 0.478. The number of rotatable bonds is 6. The molecule has 0 aliphatic rings. The molecule has 2 N–H and O–H groups in total. The molecule has 0 aliphatic carbocycles. The number of unbranched alkanes of at least 4 members (excludes halogenated alkanes) is 1. The molecule has 4 rings (SSSR count). The monoisotopic (exact) mass is 391 g/mol. The van der Waals surface area contributed by atoms with Crippen molar-refractivity contribution in [3.05, 3.63) is 33.4 Å². The zero-order valence-corrected chi connectivity index (χ0v) is 16.2. The van der Waals surface area contributed by atoms with Crippen LogP contribution in [0.5, 0.6) is 0 Å². The van der Waals surface area contributed by atoms with E-state index in [1.54, 1.807) is 22.7 Å². The molecule has 0 bridgehead atoms. The highest BCUT2D eigenvalue weighted by Crippen LogP contribution is 2.33. The third kappa shape index (κ3) is 3.01. The number of nitrogens with two attached hydrogens (primary N) is 1. The minimum atomic E-state index is 0.440. The van der Waals surface area contributed by atoms with E-state index in [1.807, 2.05) is 11.4 Å². The molecule has 0 aliphatic heterocycles. The van der Waals surface area contributed by atoms with Crippen molar-refractivity contribution in [2.24, 2.45) is 0 Å². The molecule has 8 heteroatoms. The molecule has 0 amide bonds. The van der Waals surface area contributed by atoms with Crippen molar-refractivity contribution in [1.82, 2.24) is 19.5 Å². The standard InChI is InChI=1S/C17H18ClN5S2/c1-2-3-4-12-22-14-15(16-11(5-6-24-16)21-17(14)19)23(12)8-13-20-10(7-18)9-25-13/h5-6,9H,2-4,7-8H2,1H3,(H2,19,21). The van der Waals surface area contributed by atoms with Crippen LogP contribution in [0.1, 0.15) is 36.3 Å². The minimum absolute atomic E-state index is 0.440. The molecule has 0 saturated carbocycles. The Bertz CT molecular complexity index is 1030. The average molecular weight is 392 g/mol. The van der Waals surface area contributed by atoms with Gasteiger partial charge >= 0.3 is 0 Å². The van der Waals surface area contributed by atoms with Crippen LogP contribution in [0, 0.1) is 0 Å². The minimum Gasteiger partial charge on any atom is -0.382 e. The summed E-state index contributed by atoms with van der Waals surface area (Å²) >= 11 is 9.22. The molecular weight excluding hydrogens is 374 g/mol. The van der Waals surface area contributed by atoms with Gasteiger partial charge in [-0.15, -0.1) is 34.3 Å². The molecule has 0 fully saturated rings. The molecular formula is C17H18ClN5S2. The van der Waals surface area contributed by atoms with Gasteiger partial charge in [0.2, 0.25) is 0 Å². The van der Waals surface area contributed by atoms with Gasteiger partial charge in [-0.25, -0.2) is 15.0 Å². The van der Waals surface area contributed by atoms with Gasteiger partial charge in [-0.2, -0.15) is 0 Å². The van der Waals surface area contributed by atoms with E-state index in [9.17, 15) is 0 Å². The Morgan fingerprint density at radius 1 is 1.24 bits per heavy atom. The number of alkyl halides is 1. The first-order valence-electron chi connectivity index (χ1n) is 8.22. The summed E-state index contributed by atoms with van der Waals surface area (Å²) in [7, 11) is 0. The van der Waals surface area contributed by atoms with Crippen LogP contribution >= 0.6 is 34.3 Å². The summed E-state index contributed by atoms with van der Waals surface area (Å²) in [6.45, 7) is 2.88. The normalized spacial score (nSPS) is 11.8. The van der Waals surface area contributed by atoms with Crippen LogP contribution < -0.4 is 5.73 Å². The topological polar surface area (TPSA) is 69.6 Å². The lowest BCUT2D eigenvalue weighted by atomic mass is 10.2. The summed E-state index contributed by atoms with van der Waals surface area (Å²) in [6, 6.07) is 2.01. The molecule has 5 nitrogen and oxygen atoms in total. The summed E-state index contributed by atoms with van der Waals surface area (Å²) < 4.78 is 3.40. The van der Waals surface area contributed by atoms with E-state index < -0.39 is 0 Å².